The number of hydrogen-bond acceptors (Lipinski definition) is 5. The van der Waals surface area contributed by atoms with E-state index in [1.54, 1.807) is 38.1 Å². The lowest BCUT2D eigenvalue weighted by Crippen LogP contribution is -2.46. The maximum absolute atomic E-state index is 12.7. The summed E-state index contributed by atoms with van der Waals surface area (Å²) in [6.45, 7) is 5.28. The molecule has 0 bridgehead atoms. The molecule has 1 saturated carbocycles. The standard InChI is InChI=1S/C20H26N2O5S/c1-12(2)28(25,26)22-17-7-4-15(10-13(17)3)20(24)21-16-6-8-18-14(11-16)5-9-19(23)27-18/h5-6,8-9,11-13,15,17,22H,4,7,10H2,1-3H3,(H,21,24)/t13?,15-,17-/m1/s1. The van der Waals surface area contributed by atoms with E-state index in [-0.39, 0.29) is 23.8 Å². The summed E-state index contributed by atoms with van der Waals surface area (Å²) in [7, 11) is -3.32. The Balaban J connectivity index is 1.63. The fraction of sp³-hybridized carbons (Fsp3) is 0.500. The highest BCUT2D eigenvalue weighted by molar-refractivity contribution is 7.90. The molecule has 1 unspecified atom stereocenters. The number of amides is 1. The fourth-order valence-electron chi connectivity index (χ4n) is 3.55. The average Bonchev–Trinajstić information content (AvgIpc) is 2.63. The van der Waals surface area contributed by atoms with E-state index in [9.17, 15) is 18.0 Å². The average molecular weight is 407 g/mol. The predicted octanol–water partition coefficient (Wildman–Crippen LogP) is 2.86. The molecule has 1 heterocycles. The van der Waals surface area contributed by atoms with Crippen LogP contribution >= 0.6 is 0 Å². The molecule has 2 aromatic rings. The first-order valence-electron chi connectivity index (χ1n) is 9.51. The van der Waals surface area contributed by atoms with Gasteiger partial charge in [-0.05, 0) is 63.3 Å². The van der Waals surface area contributed by atoms with E-state index in [1.807, 2.05) is 6.92 Å². The van der Waals surface area contributed by atoms with Gasteiger partial charge in [-0.3, -0.25) is 4.79 Å². The molecule has 7 nitrogen and oxygen atoms in total. The SMILES string of the molecule is CC1C[C@H](C(=O)Nc2ccc3oc(=O)ccc3c2)CC[C@H]1NS(=O)(=O)C(C)C. The number of carbonyl (C=O) groups excluding carboxylic acids is 1. The number of benzene rings is 1. The number of fused-ring (bicyclic) bond motifs is 1. The summed E-state index contributed by atoms with van der Waals surface area (Å²) < 4.78 is 32.1. The van der Waals surface area contributed by atoms with Crippen LogP contribution in [0.1, 0.15) is 40.0 Å². The molecule has 3 rings (SSSR count). The number of hydrogen-bond donors (Lipinski definition) is 2. The van der Waals surface area contributed by atoms with Crippen molar-refractivity contribution in [2.45, 2.75) is 51.3 Å². The highest BCUT2D eigenvalue weighted by Gasteiger charge is 2.34. The van der Waals surface area contributed by atoms with Crippen molar-refractivity contribution < 1.29 is 17.6 Å². The Hall–Kier alpha value is -2.19. The lowest BCUT2D eigenvalue weighted by Gasteiger charge is -2.34. The van der Waals surface area contributed by atoms with Gasteiger partial charge < -0.3 is 9.73 Å². The second kappa shape index (κ2) is 8.05. The smallest absolute Gasteiger partial charge is 0.336 e. The first-order chi connectivity index (χ1) is 13.2. The first kappa shape index (κ1) is 20.5. The third kappa shape index (κ3) is 4.62. The van der Waals surface area contributed by atoms with E-state index < -0.39 is 20.9 Å². The molecule has 0 spiro atoms. The van der Waals surface area contributed by atoms with Crippen LogP contribution in [0.15, 0.2) is 39.5 Å². The Morgan fingerprint density at radius 3 is 2.61 bits per heavy atom. The Morgan fingerprint density at radius 1 is 1.18 bits per heavy atom. The molecule has 1 aromatic carbocycles. The van der Waals surface area contributed by atoms with Gasteiger partial charge in [0.25, 0.3) is 0 Å². The number of rotatable bonds is 5. The van der Waals surface area contributed by atoms with Crippen LogP contribution in [0.5, 0.6) is 0 Å². The highest BCUT2D eigenvalue weighted by Crippen LogP contribution is 2.31. The zero-order valence-corrected chi connectivity index (χ0v) is 17.1. The van der Waals surface area contributed by atoms with E-state index in [4.69, 9.17) is 4.42 Å². The highest BCUT2D eigenvalue weighted by atomic mass is 32.2. The molecule has 3 atom stereocenters. The summed E-state index contributed by atoms with van der Waals surface area (Å²) in [5.41, 5.74) is 0.696. The van der Waals surface area contributed by atoms with Crippen LogP contribution < -0.4 is 15.7 Å². The molecule has 1 aliphatic rings. The molecule has 1 aromatic heterocycles. The maximum Gasteiger partial charge on any atom is 0.336 e. The van der Waals surface area contributed by atoms with Gasteiger partial charge in [-0.2, -0.15) is 0 Å². The van der Waals surface area contributed by atoms with Crippen molar-refractivity contribution in [3.63, 3.8) is 0 Å². The van der Waals surface area contributed by atoms with Gasteiger partial charge in [0.05, 0.1) is 5.25 Å². The maximum atomic E-state index is 12.7. The van der Waals surface area contributed by atoms with E-state index in [0.717, 1.165) is 5.39 Å². The van der Waals surface area contributed by atoms with Crippen molar-refractivity contribution >= 4 is 32.6 Å². The van der Waals surface area contributed by atoms with Crippen LogP contribution in [0.2, 0.25) is 0 Å². The van der Waals surface area contributed by atoms with Crippen molar-refractivity contribution in [3.05, 3.63) is 40.8 Å². The number of carbonyl (C=O) groups is 1. The third-order valence-corrected chi connectivity index (χ3v) is 7.24. The summed E-state index contributed by atoms with van der Waals surface area (Å²) >= 11 is 0. The minimum absolute atomic E-state index is 0.0731. The molecule has 1 amide bonds. The first-order valence-corrected chi connectivity index (χ1v) is 11.1. The third-order valence-electron chi connectivity index (χ3n) is 5.36. The van der Waals surface area contributed by atoms with Gasteiger partial charge in [-0.15, -0.1) is 0 Å². The van der Waals surface area contributed by atoms with Gasteiger partial charge in [0.1, 0.15) is 5.58 Å². The van der Waals surface area contributed by atoms with E-state index in [0.29, 0.717) is 30.5 Å². The van der Waals surface area contributed by atoms with Crippen molar-refractivity contribution in [3.8, 4) is 0 Å². The predicted molar refractivity (Wildman–Crippen MR) is 109 cm³/mol. The lowest BCUT2D eigenvalue weighted by atomic mass is 9.79. The molecule has 28 heavy (non-hydrogen) atoms. The number of anilines is 1. The molecular weight excluding hydrogens is 380 g/mol. The molecule has 1 fully saturated rings. The van der Waals surface area contributed by atoms with Crippen LogP contribution in [0.3, 0.4) is 0 Å². The van der Waals surface area contributed by atoms with Gasteiger partial charge in [0.2, 0.25) is 15.9 Å². The van der Waals surface area contributed by atoms with Crippen LogP contribution in [0, 0.1) is 11.8 Å². The zero-order chi connectivity index (χ0) is 20.5. The van der Waals surface area contributed by atoms with E-state index in [1.165, 1.54) is 6.07 Å². The lowest BCUT2D eigenvalue weighted by molar-refractivity contribution is -0.121. The molecule has 2 N–H and O–H groups in total. The number of sulfonamides is 1. The van der Waals surface area contributed by atoms with Crippen LogP contribution in [-0.2, 0) is 14.8 Å². The van der Waals surface area contributed by atoms with Crippen molar-refractivity contribution in [1.29, 1.82) is 0 Å². The molecule has 152 valence electrons. The molecular formula is C20H26N2O5S. The van der Waals surface area contributed by atoms with Crippen LogP contribution in [0.4, 0.5) is 5.69 Å². The largest absolute Gasteiger partial charge is 0.423 e. The Labute approximate surface area is 164 Å². The fourth-order valence-corrected chi connectivity index (χ4v) is 4.59. The zero-order valence-electron chi connectivity index (χ0n) is 16.3. The van der Waals surface area contributed by atoms with Crippen LogP contribution in [-0.4, -0.2) is 25.6 Å². The summed E-state index contributed by atoms with van der Waals surface area (Å²) in [6.07, 6.45) is 1.89. The molecule has 8 heteroatoms. The number of nitrogens with one attached hydrogen (secondary N) is 2. The quantitative estimate of drug-likeness (QED) is 0.743. The van der Waals surface area contributed by atoms with Crippen LogP contribution in [0.25, 0.3) is 11.0 Å². The summed E-state index contributed by atoms with van der Waals surface area (Å²) in [5.74, 6) is -0.170. The minimum Gasteiger partial charge on any atom is -0.423 e. The Morgan fingerprint density at radius 2 is 1.93 bits per heavy atom. The second-order valence-electron chi connectivity index (χ2n) is 7.80. The minimum atomic E-state index is -3.32. The van der Waals surface area contributed by atoms with E-state index in [2.05, 4.69) is 10.0 Å². The summed E-state index contributed by atoms with van der Waals surface area (Å²) in [6, 6.07) is 7.99. The Kier molecular flexibility index (Phi) is 5.90. The summed E-state index contributed by atoms with van der Waals surface area (Å²) in [4.78, 5) is 23.9. The monoisotopic (exact) mass is 406 g/mol. The van der Waals surface area contributed by atoms with Gasteiger partial charge >= 0.3 is 5.63 Å². The van der Waals surface area contributed by atoms with Gasteiger partial charge in [-0.25, -0.2) is 17.9 Å². The molecule has 0 aliphatic heterocycles. The van der Waals surface area contributed by atoms with Crippen molar-refractivity contribution in [2.75, 3.05) is 5.32 Å². The van der Waals surface area contributed by atoms with Gasteiger partial charge in [-0.1, -0.05) is 6.92 Å². The topological polar surface area (TPSA) is 105 Å². The summed E-state index contributed by atoms with van der Waals surface area (Å²) in [5, 5.41) is 3.18. The molecule has 1 aliphatic carbocycles. The Bertz CT molecular complexity index is 1030. The second-order valence-corrected chi connectivity index (χ2v) is 10.1. The van der Waals surface area contributed by atoms with Gasteiger partial charge in [0.15, 0.2) is 0 Å². The normalized spacial score (nSPS) is 23.1. The molecule has 0 radical (unpaired) electrons. The van der Waals surface area contributed by atoms with Crippen molar-refractivity contribution in [1.82, 2.24) is 4.72 Å². The van der Waals surface area contributed by atoms with Gasteiger partial charge in [0, 0.05) is 29.1 Å². The van der Waals surface area contributed by atoms with E-state index >= 15 is 0 Å². The molecule has 0 saturated heterocycles. The van der Waals surface area contributed by atoms with Crippen molar-refractivity contribution in [2.24, 2.45) is 11.8 Å².